The van der Waals surface area contributed by atoms with Gasteiger partial charge in [0.25, 0.3) is 0 Å². The van der Waals surface area contributed by atoms with Gasteiger partial charge in [-0.05, 0) is 18.6 Å². The van der Waals surface area contributed by atoms with E-state index in [-0.39, 0.29) is 6.07 Å². The first-order chi connectivity index (χ1) is 8.26. The highest BCUT2D eigenvalue weighted by molar-refractivity contribution is 7.89. The fourth-order valence-electron chi connectivity index (χ4n) is 1.55. The Morgan fingerprint density at radius 1 is 1.00 bits per heavy atom. The van der Waals surface area contributed by atoms with Crippen LogP contribution in [-0.4, -0.2) is 8.42 Å². The lowest BCUT2D eigenvalue weighted by molar-refractivity contribution is -0.147. The summed E-state index contributed by atoms with van der Waals surface area (Å²) in [6.07, 6.45) is -10.5. The first-order valence-corrected chi connectivity index (χ1v) is 6.11. The highest BCUT2D eigenvalue weighted by Crippen LogP contribution is 2.42. The zero-order valence-corrected chi connectivity index (χ0v) is 10.0. The Morgan fingerprint density at radius 2 is 1.47 bits per heavy atom. The molecule has 19 heavy (non-hydrogen) atoms. The van der Waals surface area contributed by atoms with Gasteiger partial charge in [0.15, 0.2) is 0 Å². The van der Waals surface area contributed by atoms with Crippen molar-refractivity contribution in [2.75, 3.05) is 0 Å². The average Bonchev–Trinajstić information content (AvgIpc) is 2.11. The Hall–Kier alpha value is -1.29. The van der Waals surface area contributed by atoms with Crippen molar-refractivity contribution < 1.29 is 34.8 Å². The van der Waals surface area contributed by atoms with Gasteiger partial charge in [0.05, 0.1) is 11.1 Å². The smallest absolute Gasteiger partial charge is 0.225 e. The van der Waals surface area contributed by atoms with Gasteiger partial charge in [-0.25, -0.2) is 13.6 Å². The van der Waals surface area contributed by atoms with Gasteiger partial charge in [0.2, 0.25) is 10.0 Å². The first-order valence-electron chi connectivity index (χ1n) is 4.57. The Kier molecular flexibility index (Phi) is 3.63. The molecular weight excluding hydrogens is 300 g/mol. The van der Waals surface area contributed by atoms with Crippen molar-refractivity contribution in [1.29, 1.82) is 0 Å². The molecule has 108 valence electrons. The first kappa shape index (κ1) is 15.8. The molecule has 3 nitrogen and oxygen atoms in total. The van der Waals surface area contributed by atoms with Crippen LogP contribution in [0.25, 0.3) is 0 Å². The predicted molar refractivity (Wildman–Crippen MR) is 52.6 cm³/mol. The third kappa shape index (κ3) is 3.18. The van der Waals surface area contributed by atoms with Crippen LogP contribution in [0.15, 0.2) is 17.0 Å². The van der Waals surface area contributed by atoms with Crippen LogP contribution < -0.4 is 5.14 Å². The predicted octanol–water partition coefficient (Wildman–Crippen LogP) is 2.68. The van der Waals surface area contributed by atoms with E-state index < -0.39 is 44.0 Å². The van der Waals surface area contributed by atoms with Crippen LogP contribution in [0.2, 0.25) is 0 Å². The molecule has 0 unspecified atom stereocenters. The Labute approximate surface area is 104 Å². The van der Waals surface area contributed by atoms with Crippen LogP contribution in [0.4, 0.5) is 26.3 Å². The fourth-order valence-corrected chi connectivity index (χ4v) is 2.60. The van der Waals surface area contributed by atoms with Crippen molar-refractivity contribution in [3.05, 3.63) is 28.8 Å². The molecule has 1 rings (SSSR count). The fraction of sp³-hybridized carbons (Fsp3) is 0.333. The molecule has 0 saturated heterocycles. The molecule has 0 radical (unpaired) electrons. The van der Waals surface area contributed by atoms with Gasteiger partial charge in [-0.3, -0.25) is 0 Å². The molecule has 0 heterocycles. The zero-order chi connectivity index (χ0) is 15.2. The van der Waals surface area contributed by atoms with Crippen molar-refractivity contribution in [2.45, 2.75) is 24.2 Å². The van der Waals surface area contributed by atoms with Gasteiger partial charge in [-0.1, -0.05) is 6.07 Å². The number of nitrogens with two attached hydrogens (primary N) is 1. The van der Waals surface area contributed by atoms with E-state index in [1.165, 1.54) is 0 Å². The van der Waals surface area contributed by atoms with Crippen LogP contribution in [-0.2, 0) is 22.4 Å². The molecule has 0 atom stereocenters. The van der Waals surface area contributed by atoms with E-state index >= 15 is 0 Å². The minimum Gasteiger partial charge on any atom is -0.225 e. The van der Waals surface area contributed by atoms with E-state index in [0.29, 0.717) is 6.07 Å². The maximum absolute atomic E-state index is 12.7. The van der Waals surface area contributed by atoms with E-state index in [1.54, 1.807) is 0 Å². The third-order valence-corrected chi connectivity index (χ3v) is 3.23. The molecule has 0 aromatic heterocycles. The minimum absolute atomic E-state index is 0.254. The molecule has 2 N–H and O–H groups in total. The number of primary sulfonamides is 1. The van der Waals surface area contributed by atoms with Gasteiger partial charge < -0.3 is 0 Å². The number of rotatable bonds is 1. The van der Waals surface area contributed by atoms with E-state index in [9.17, 15) is 34.8 Å². The second-order valence-electron chi connectivity index (χ2n) is 3.67. The van der Waals surface area contributed by atoms with Crippen LogP contribution in [0.1, 0.15) is 16.7 Å². The summed E-state index contributed by atoms with van der Waals surface area (Å²) in [7, 11) is -5.19. The molecule has 1 aromatic rings. The minimum atomic E-state index is -5.27. The number of hydrogen-bond acceptors (Lipinski definition) is 2. The maximum Gasteiger partial charge on any atom is 0.417 e. The van der Waals surface area contributed by atoms with Gasteiger partial charge >= 0.3 is 12.4 Å². The lowest BCUT2D eigenvalue weighted by atomic mass is 10.0. The topological polar surface area (TPSA) is 60.2 Å². The number of halogens is 6. The van der Waals surface area contributed by atoms with Gasteiger partial charge in [-0.15, -0.1) is 0 Å². The molecule has 0 aliphatic rings. The van der Waals surface area contributed by atoms with Crippen molar-refractivity contribution >= 4 is 10.0 Å². The maximum atomic E-state index is 12.7. The number of alkyl halides is 6. The van der Waals surface area contributed by atoms with Crippen molar-refractivity contribution in [3.8, 4) is 0 Å². The van der Waals surface area contributed by atoms with Gasteiger partial charge in [0.1, 0.15) is 4.90 Å². The summed E-state index contributed by atoms with van der Waals surface area (Å²) in [6.45, 7) is 0.845. The quantitative estimate of drug-likeness (QED) is 0.811. The van der Waals surface area contributed by atoms with E-state index in [0.717, 1.165) is 6.92 Å². The summed E-state index contributed by atoms with van der Waals surface area (Å²) in [5.41, 5.74) is -4.50. The summed E-state index contributed by atoms with van der Waals surface area (Å²) >= 11 is 0. The van der Waals surface area contributed by atoms with E-state index in [1.807, 2.05) is 0 Å². The average molecular weight is 307 g/mol. The summed E-state index contributed by atoms with van der Waals surface area (Å²) in [4.78, 5) is -1.95. The highest BCUT2D eigenvalue weighted by atomic mass is 32.2. The van der Waals surface area contributed by atoms with E-state index in [2.05, 4.69) is 5.14 Å². The molecule has 0 amide bonds. The van der Waals surface area contributed by atoms with Crippen LogP contribution in [0, 0.1) is 6.92 Å². The van der Waals surface area contributed by atoms with Crippen molar-refractivity contribution in [1.82, 2.24) is 0 Å². The zero-order valence-electron chi connectivity index (χ0n) is 9.22. The second kappa shape index (κ2) is 4.37. The third-order valence-electron chi connectivity index (χ3n) is 2.24. The van der Waals surface area contributed by atoms with Crippen molar-refractivity contribution in [3.63, 3.8) is 0 Å². The Morgan fingerprint density at radius 3 is 1.79 bits per heavy atom. The van der Waals surface area contributed by atoms with Crippen LogP contribution in [0.5, 0.6) is 0 Å². The standard InChI is InChI=1S/C9H7F6NO2S/c1-4-2-3-5(8(10,11)12)7(19(16,17)18)6(4)9(13,14)15/h2-3H,1H3,(H2,16,17,18). The number of aryl methyl sites for hydroxylation is 1. The molecule has 0 aliphatic heterocycles. The van der Waals surface area contributed by atoms with Crippen LogP contribution in [0.3, 0.4) is 0 Å². The molecule has 10 heteroatoms. The monoisotopic (exact) mass is 307 g/mol. The largest absolute Gasteiger partial charge is 0.417 e. The molecule has 0 fully saturated rings. The second-order valence-corrected chi connectivity index (χ2v) is 5.17. The summed E-state index contributed by atoms with van der Waals surface area (Å²) in [5.74, 6) is 0. The van der Waals surface area contributed by atoms with Gasteiger partial charge in [0, 0.05) is 0 Å². The lowest BCUT2D eigenvalue weighted by Crippen LogP contribution is -2.25. The molecule has 0 bridgehead atoms. The number of benzene rings is 1. The summed E-state index contributed by atoms with van der Waals surface area (Å²) < 4.78 is 98.1. The normalized spacial score (nSPS) is 13.7. The van der Waals surface area contributed by atoms with Crippen molar-refractivity contribution in [2.24, 2.45) is 5.14 Å². The number of sulfonamides is 1. The highest BCUT2D eigenvalue weighted by Gasteiger charge is 2.45. The SMILES string of the molecule is Cc1ccc(C(F)(F)F)c(S(N)(=O)=O)c1C(F)(F)F. The molecule has 1 aromatic carbocycles. The molecule has 0 saturated carbocycles. The lowest BCUT2D eigenvalue weighted by Gasteiger charge is -2.19. The molecule has 0 spiro atoms. The molecular formula is C9H7F6NO2S. The molecule has 0 aliphatic carbocycles. The number of hydrogen-bond donors (Lipinski definition) is 1. The Bertz CT molecular complexity index is 602. The summed E-state index contributed by atoms with van der Waals surface area (Å²) in [5, 5.41) is 4.49. The van der Waals surface area contributed by atoms with E-state index in [4.69, 9.17) is 0 Å². The van der Waals surface area contributed by atoms with Crippen LogP contribution >= 0.6 is 0 Å². The summed E-state index contributed by atoms with van der Waals surface area (Å²) in [6, 6.07) is 0.796. The van der Waals surface area contributed by atoms with Gasteiger partial charge in [-0.2, -0.15) is 26.3 Å². The Balaban J connectivity index is 3.94.